The van der Waals surface area contributed by atoms with E-state index in [-0.39, 0.29) is 12.5 Å². The van der Waals surface area contributed by atoms with E-state index >= 15 is 0 Å². The topological polar surface area (TPSA) is 55.4 Å². The number of amides is 1. The zero-order valence-electron chi connectivity index (χ0n) is 14.5. The van der Waals surface area contributed by atoms with Crippen LogP contribution in [-0.2, 0) is 14.3 Å². The van der Waals surface area contributed by atoms with Gasteiger partial charge in [-0.15, -0.1) is 11.8 Å². The molecular formula is C20H23NO3S. The molecule has 2 aromatic carbocycles. The Bertz CT molecular complexity index is 674. The van der Waals surface area contributed by atoms with E-state index in [2.05, 4.69) is 5.32 Å². The lowest BCUT2D eigenvalue weighted by Crippen LogP contribution is -2.32. The van der Waals surface area contributed by atoms with Gasteiger partial charge >= 0.3 is 5.97 Å². The molecule has 0 aromatic heterocycles. The van der Waals surface area contributed by atoms with Gasteiger partial charge in [-0.05, 0) is 23.6 Å². The largest absolute Gasteiger partial charge is 0.454 e. The monoisotopic (exact) mass is 357 g/mol. The molecular weight excluding hydrogens is 334 g/mol. The van der Waals surface area contributed by atoms with Crippen molar-refractivity contribution in [2.45, 2.75) is 24.0 Å². The van der Waals surface area contributed by atoms with E-state index in [1.54, 1.807) is 0 Å². The molecule has 0 fully saturated rings. The molecule has 0 saturated heterocycles. The van der Waals surface area contributed by atoms with Gasteiger partial charge in [0.25, 0.3) is 5.91 Å². The van der Waals surface area contributed by atoms with Crippen molar-refractivity contribution in [3.8, 4) is 0 Å². The Morgan fingerprint density at radius 1 is 1.00 bits per heavy atom. The number of carbonyl (C=O) groups is 2. The summed E-state index contributed by atoms with van der Waals surface area (Å²) >= 11 is 1.41. The summed E-state index contributed by atoms with van der Waals surface area (Å²) in [6.45, 7) is 4.32. The van der Waals surface area contributed by atoms with Crippen LogP contribution in [0.1, 0.15) is 24.7 Å². The van der Waals surface area contributed by atoms with E-state index in [0.29, 0.717) is 12.5 Å². The summed E-state index contributed by atoms with van der Waals surface area (Å²) in [5.74, 6) is -0.344. The summed E-state index contributed by atoms with van der Waals surface area (Å²) in [7, 11) is 0. The van der Waals surface area contributed by atoms with Crippen molar-refractivity contribution in [2.24, 2.45) is 5.92 Å². The molecule has 1 amide bonds. The van der Waals surface area contributed by atoms with E-state index in [1.807, 2.05) is 74.5 Å². The molecule has 1 N–H and O–H groups in total. The lowest BCUT2D eigenvalue weighted by Gasteiger charge is -2.16. The fourth-order valence-electron chi connectivity index (χ4n) is 2.10. The minimum absolute atomic E-state index is 0.260. The zero-order valence-corrected chi connectivity index (χ0v) is 15.3. The predicted molar refractivity (Wildman–Crippen MR) is 100 cm³/mol. The molecule has 25 heavy (non-hydrogen) atoms. The van der Waals surface area contributed by atoms with Gasteiger partial charge < -0.3 is 10.1 Å². The molecule has 2 rings (SSSR count). The third-order valence-electron chi connectivity index (χ3n) is 3.37. The SMILES string of the molecule is CC(C)CNC(=O)COC(=O)[C@@H](Sc1ccccc1)c1ccccc1. The van der Waals surface area contributed by atoms with Gasteiger partial charge in [0.2, 0.25) is 0 Å². The predicted octanol–water partition coefficient (Wildman–Crippen LogP) is 3.84. The van der Waals surface area contributed by atoms with Crippen molar-refractivity contribution in [3.63, 3.8) is 0 Å². The number of hydrogen-bond donors (Lipinski definition) is 1. The summed E-state index contributed by atoms with van der Waals surface area (Å²) < 4.78 is 5.25. The van der Waals surface area contributed by atoms with Crippen molar-refractivity contribution >= 4 is 23.6 Å². The molecule has 0 aliphatic rings. The number of esters is 1. The minimum atomic E-state index is -0.513. The van der Waals surface area contributed by atoms with Crippen LogP contribution in [0, 0.1) is 5.92 Å². The lowest BCUT2D eigenvalue weighted by molar-refractivity contribution is -0.148. The van der Waals surface area contributed by atoms with Crippen molar-refractivity contribution in [3.05, 3.63) is 66.2 Å². The fraction of sp³-hybridized carbons (Fsp3) is 0.300. The number of ether oxygens (including phenoxy) is 1. The van der Waals surface area contributed by atoms with Crippen molar-refractivity contribution in [1.29, 1.82) is 0 Å². The number of thioether (sulfide) groups is 1. The highest BCUT2D eigenvalue weighted by Gasteiger charge is 2.24. The highest BCUT2D eigenvalue weighted by Crippen LogP contribution is 2.36. The Morgan fingerprint density at radius 2 is 1.60 bits per heavy atom. The van der Waals surface area contributed by atoms with Crippen LogP contribution in [0.4, 0.5) is 0 Å². The third kappa shape index (κ3) is 6.63. The van der Waals surface area contributed by atoms with E-state index in [0.717, 1.165) is 10.5 Å². The van der Waals surface area contributed by atoms with Gasteiger partial charge in [-0.1, -0.05) is 62.4 Å². The average molecular weight is 357 g/mol. The van der Waals surface area contributed by atoms with Crippen LogP contribution in [0.5, 0.6) is 0 Å². The second-order valence-corrected chi connectivity index (χ2v) is 7.21. The average Bonchev–Trinajstić information content (AvgIpc) is 2.64. The molecule has 0 aliphatic heterocycles. The molecule has 0 aliphatic carbocycles. The van der Waals surface area contributed by atoms with Gasteiger partial charge in [0.15, 0.2) is 6.61 Å². The van der Waals surface area contributed by atoms with E-state index in [1.165, 1.54) is 11.8 Å². The van der Waals surface area contributed by atoms with E-state index in [4.69, 9.17) is 4.74 Å². The maximum Gasteiger partial charge on any atom is 0.324 e. The second-order valence-electron chi connectivity index (χ2n) is 6.03. The molecule has 0 heterocycles. The van der Waals surface area contributed by atoms with E-state index < -0.39 is 11.2 Å². The van der Waals surface area contributed by atoms with Crippen molar-refractivity contribution in [1.82, 2.24) is 5.32 Å². The van der Waals surface area contributed by atoms with Gasteiger partial charge in [0.1, 0.15) is 5.25 Å². The molecule has 4 nitrogen and oxygen atoms in total. The van der Waals surface area contributed by atoms with Crippen LogP contribution in [0.15, 0.2) is 65.6 Å². The first kappa shape index (κ1) is 19.1. The quantitative estimate of drug-likeness (QED) is 0.576. The number of hydrogen-bond acceptors (Lipinski definition) is 4. The first-order valence-corrected chi connectivity index (χ1v) is 9.14. The van der Waals surface area contributed by atoms with Crippen molar-refractivity contribution in [2.75, 3.05) is 13.2 Å². The van der Waals surface area contributed by atoms with Gasteiger partial charge in [-0.3, -0.25) is 9.59 Å². The van der Waals surface area contributed by atoms with Crippen molar-refractivity contribution < 1.29 is 14.3 Å². The standard InChI is InChI=1S/C20H23NO3S/c1-15(2)13-21-18(22)14-24-20(23)19(16-9-5-3-6-10-16)25-17-11-7-4-8-12-17/h3-12,15,19H,13-14H2,1-2H3,(H,21,22)/t19-/m0/s1. The molecule has 132 valence electrons. The third-order valence-corrected chi connectivity index (χ3v) is 4.61. The number of nitrogens with one attached hydrogen (secondary N) is 1. The van der Waals surface area contributed by atoms with Gasteiger partial charge in [-0.25, -0.2) is 0 Å². The molecule has 0 bridgehead atoms. The number of benzene rings is 2. The minimum Gasteiger partial charge on any atom is -0.454 e. The van der Waals surface area contributed by atoms with Crippen LogP contribution in [0.25, 0.3) is 0 Å². The number of carbonyl (C=O) groups excluding carboxylic acids is 2. The molecule has 0 spiro atoms. The number of rotatable bonds is 8. The van der Waals surface area contributed by atoms with Gasteiger partial charge in [0.05, 0.1) is 0 Å². The smallest absolute Gasteiger partial charge is 0.324 e. The van der Waals surface area contributed by atoms with Crippen LogP contribution < -0.4 is 5.32 Å². The van der Waals surface area contributed by atoms with Gasteiger partial charge in [-0.2, -0.15) is 0 Å². The summed E-state index contributed by atoms with van der Waals surface area (Å²) in [5, 5.41) is 2.23. The summed E-state index contributed by atoms with van der Waals surface area (Å²) in [5.41, 5.74) is 0.851. The summed E-state index contributed by atoms with van der Waals surface area (Å²) in [6, 6.07) is 19.1. The highest BCUT2D eigenvalue weighted by atomic mass is 32.2. The van der Waals surface area contributed by atoms with Crippen LogP contribution in [0.3, 0.4) is 0 Å². The highest BCUT2D eigenvalue weighted by molar-refractivity contribution is 8.00. The Hall–Kier alpha value is -2.27. The van der Waals surface area contributed by atoms with E-state index in [9.17, 15) is 9.59 Å². The molecule has 0 radical (unpaired) electrons. The Balaban J connectivity index is 2.02. The fourth-order valence-corrected chi connectivity index (χ4v) is 3.14. The molecule has 1 atom stereocenters. The lowest BCUT2D eigenvalue weighted by atomic mass is 10.1. The maximum atomic E-state index is 12.6. The molecule has 0 saturated carbocycles. The Morgan fingerprint density at radius 3 is 2.20 bits per heavy atom. The zero-order chi connectivity index (χ0) is 18.1. The van der Waals surface area contributed by atoms with Crippen LogP contribution in [0.2, 0.25) is 0 Å². The summed E-state index contributed by atoms with van der Waals surface area (Å²) in [6.07, 6.45) is 0. The second kappa shape index (κ2) is 9.89. The van der Waals surface area contributed by atoms with Crippen LogP contribution in [-0.4, -0.2) is 25.0 Å². The van der Waals surface area contributed by atoms with Crippen LogP contribution >= 0.6 is 11.8 Å². The molecule has 0 unspecified atom stereocenters. The molecule has 5 heteroatoms. The normalized spacial score (nSPS) is 11.8. The summed E-state index contributed by atoms with van der Waals surface area (Å²) in [4.78, 5) is 25.3. The Labute approximate surface area is 153 Å². The van der Waals surface area contributed by atoms with Gasteiger partial charge in [0, 0.05) is 11.4 Å². The first-order valence-electron chi connectivity index (χ1n) is 8.26. The maximum absolute atomic E-state index is 12.6. The first-order chi connectivity index (χ1) is 12.1. The Kier molecular flexibility index (Phi) is 7.54. The molecule has 2 aromatic rings.